The van der Waals surface area contributed by atoms with E-state index in [1.165, 1.54) is 80.1 Å². The van der Waals surface area contributed by atoms with Crippen molar-refractivity contribution in [1.82, 2.24) is 0 Å². The van der Waals surface area contributed by atoms with E-state index in [4.69, 9.17) is 4.42 Å². The number of para-hydroxylation sites is 1. The van der Waals surface area contributed by atoms with Gasteiger partial charge < -0.3 is 4.42 Å². The first kappa shape index (κ1) is 27.2. The maximum atomic E-state index is 6.55. The molecule has 0 fully saturated rings. The third kappa shape index (κ3) is 4.10. The third-order valence-electron chi connectivity index (χ3n) is 9.71. The Bertz CT molecular complexity index is 2950. The van der Waals surface area contributed by atoms with E-state index in [1.54, 1.807) is 0 Å². The van der Waals surface area contributed by atoms with Gasteiger partial charge in [0.1, 0.15) is 11.2 Å². The lowest BCUT2D eigenvalue weighted by molar-refractivity contribution is 0.673. The maximum Gasteiger partial charge on any atom is 0.143 e. The summed E-state index contributed by atoms with van der Waals surface area (Å²) in [5.74, 6) is 0. The molecule has 2 heterocycles. The second kappa shape index (κ2) is 10.8. The molecule has 0 aliphatic heterocycles. The average Bonchev–Trinajstić information content (AvgIpc) is 3.72. The van der Waals surface area contributed by atoms with Gasteiger partial charge in [0, 0.05) is 41.7 Å². The molecule has 0 spiro atoms. The predicted octanol–water partition coefficient (Wildman–Crippen LogP) is 13.9. The molecule has 10 aromatic rings. The molecule has 2 heteroatoms. The minimum absolute atomic E-state index is 0.931. The standard InChI is InChI=1S/C46H28OS/c1-2-4-18-35(34-24-13-15-29-14-5-6-17-31(29)34)36-20-8-7-19-33(36)32(16-3-1)30-26-27-40-42(28-30)48-46-38-22-10-9-21-37(38)45-43(44(40)46)39-23-11-12-25-41(39)47-45/h1-28H. The van der Waals surface area contributed by atoms with Crippen LogP contribution in [0.15, 0.2) is 174 Å². The van der Waals surface area contributed by atoms with Crippen LogP contribution in [-0.4, -0.2) is 0 Å². The number of furan rings is 1. The molecular weight excluding hydrogens is 601 g/mol. The van der Waals surface area contributed by atoms with Crippen molar-refractivity contribution in [2.24, 2.45) is 0 Å². The SMILES string of the molecule is c1cccc(-c2cccc3ccccc23)c2ccccc2c(-c2ccc3c(c2)sc2c4ccccc4c4oc5ccccc5c4c32)cc1. The highest BCUT2D eigenvalue weighted by Crippen LogP contribution is 2.48. The molecule has 1 nitrogen and oxygen atoms in total. The van der Waals surface area contributed by atoms with Crippen molar-refractivity contribution in [2.75, 3.05) is 0 Å². The highest BCUT2D eigenvalue weighted by Gasteiger charge is 2.20. The summed E-state index contributed by atoms with van der Waals surface area (Å²) in [6, 6.07) is 61.3. The molecule has 224 valence electrons. The van der Waals surface area contributed by atoms with Crippen LogP contribution >= 0.6 is 11.3 Å². The number of hydrogen-bond donors (Lipinski definition) is 0. The molecule has 0 aliphatic rings. The Morgan fingerprint density at radius 1 is 0.375 bits per heavy atom. The zero-order chi connectivity index (χ0) is 31.6. The summed E-state index contributed by atoms with van der Waals surface area (Å²) in [7, 11) is 0. The Hall–Kier alpha value is -5.96. The lowest BCUT2D eigenvalue weighted by Crippen LogP contribution is -1.84. The molecule has 0 bridgehead atoms. The largest absolute Gasteiger partial charge is 0.455 e. The molecule has 0 atom stereocenters. The first-order valence-electron chi connectivity index (χ1n) is 16.4. The van der Waals surface area contributed by atoms with Crippen LogP contribution in [0.1, 0.15) is 0 Å². The maximum absolute atomic E-state index is 6.55. The molecule has 0 N–H and O–H groups in total. The number of benzene rings is 7. The van der Waals surface area contributed by atoms with Gasteiger partial charge in [-0.1, -0.05) is 158 Å². The van der Waals surface area contributed by atoms with Crippen LogP contribution in [-0.2, 0) is 0 Å². The molecule has 2 aromatic heterocycles. The van der Waals surface area contributed by atoms with Crippen molar-refractivity contribution in [3.63, 3.8) is 0 Å². The fourth-order valence-corrected chi connectivity index (χ4v) is 8.86. The fraction of sp³-hybridized carbons (Fsp3) is 0. The molecule has 10 rings (SSSR count). The summed E-state index contributed by atoms with van der Waals surface area (Å²) in [5, 5.41) is 12.3. The van der Waals surface area contributed by atoms with Gasteiger partial charge in [0.15, 0.2) is 0 Å². The summed E-state index contributed by atoms with van der Waals surface area (Å²) < 4.78 is 9.13. The van der Waals surface area contributed by atoms with E-state index < -0.39 is 0 Å². The minimum Gasteiger partial charge on any atom is -0.455 e. The Balaban J connectivity index is 1.29. The molecule has 8 aromatic carbocycles. The van der Waals surface area contributed by atoms with Crippen LogP contribution in [0.2, 0.25) is 0 Å². The molecular formula is C46H28OS. The summed E-state index contributed by atoms with van der Waals surface area (Å²) in [6.45, 7) is 0. The number of thiophene rings is 1. The quantitative estimate of drug-likeness (QED) is 0.186. The molecule has 0 saturated heterocycles. The van der Waals surface area contributed by atoms with Crippen LogP contribution in [0.4, 0.5) is 0 Å². The van der Waals surface area contributed by atoms with Gasteiger partial charge >= 0.3 is 0 Å². The van der Waals surface area contributed by atoms with Crippen molar-refractivity contribution in [1.29, 1.82) is 0 Å². The highest BCUT2D eigenvalue weighted by molar-refractivity contribution is 7.27. The topological polar surface area (TPSA) is 13.1 Å². The molecule has 0 radical (unpaired) electrons. The Morgan fingerprint density at radius 3 is 1.79 bits per heavy atom. The Morgan fingerprint density at radius 2 is 0.958 bits per heavy atom. The molecule has 0 amide bonds. The van der Waals surface area contributed by atoms with Gasteiger partial charge in [0.25, 0.3) is 0 Å². The first-order chi connectivity index (χ1) is 23.8. The van der Waals surface area contributed by atoms with Crippen LogP contribution in [0, 0.1) is 0 Å². The number of fused-ring (bicyclic) bond motifs is 12. The van der Waals surface area contributed by atoms with Gasteiger partial charge in [-0.3, -0.25) is 0 Å². The molecule has 0 unspecified atom stereocenters. The van der Waals surface area contributed by atoms with Crippen molar-refractivity contribution in [2.45, 2.75) is 0 Å². The highest BCUT2D eigenvalue weighted by atomic mass is 32.1. The summed E-state index contributed by atoms with van der Waals surface area (Å²) >= 11 is 1.88. The fourth-order valence-electron chi connectivity index (χ4n) is 7.58. The van der Waals surface area contributed by atoms with E-state index in [2.05, 4.69) is 170 Å². The Labute approximate surface area is 281 Å². The van der Waals surface area contributed by atoms with E-state index in [9.17, 15) is 0 Å². The second-order valence-electron chi connectivity index (χ2n) is 12.4. The Kier molecular flexibility index (Phi) is 6.12. The van der Waals surface area contributed by atoms with E-state index in [0.29, 0.717) is 0 Å². The van der Waals surface area contributed by atoms with Crippen LogP contribution < -0.4 is 0 Å². The van der Waals surface area contributed by atoms with E-state index in [-0.39, 0.29) is 0 Å². The van der Waals surface area contributed by atoms with Gasteiger partial charge in [0.05, 0.1) is 0 Å². The zero-order valence-electron chi connectivity index (χ0n) is 26.0. The third-order valence-corrected chi connectivity index (χ3v) is 10.9. The van der Waals surface area contributed by atoms with Crippen molar-refractivity contribution in [3.8, 4) is 22.3 Å². The molecule has 0 saturated carbocycles. The van der Waals surface area contributed by atoms with E-state index in [1.807, 2.05) is 11.3 Å². The van der Waals surface area contributed by atoms with Gasteiger partial charge in [-0.15, -0.1) is 11.3 Å². The molecule has 0 aliphatic carbocycles. The van der Waals surface area contributed by atoms with Crippen molar-refractivity contribution >= 4 is 85.8 Å². The summed E-state index contributed by atoms with van der Waals surface area (Å²) in [6.07, 6.45) is 0. The predicted molar refractivity (Wildman–Crippen MR) is 208 cm³/mol. The van der Waals surface area contributed by atoms with Crippen LogP contribution in [0.25, 0.3) is 96.7 Å². The van der Waals surface area contributed by atoms with Crippen LogP contribution in [0.5, 0.6) is 0 Å². The van der Waals surface area contributed by atoms with Crippen molar-refractivity contribution < 1.29 is 4.42 Å². The molecule has 48 heavy (non-hydrogen) atoms. The van der Waals surface area contributed by atoms with Crippen molar-refractivity contribution in [3.05, 3.63) is 170 Å². The summed E-state index contributed by atoms with van der Waals surface area (Å²) in [5.41, 5.74) is 6.75. The lowest BCUT2D eigenvalue weighted by Gasteiger charge is -2.11. The summed E-state index contributed by atoms with van der Waals surface area (Å²) in [4.78, 5) is 0. The number of hydrogen-bond acceptors (Lipinski definition) is 2. The minimum atomic E-state index is 0.931. The van der Waals surface area contributed by atoms with Gasteiger partial charge in [-0.05, 0) is 55.9 Å². The second-order valence-corrected chi connectivity index (χ2v) is 13.4. The average molecular weight is 629 g/mol. The lowest BCUT2D eigenvalue weighted by atomic mass is 9.92. The smallest absolute Gasteiger partial charge is 0.143 e. The van der Waals surface area contributed by atoms with E-state index >= 15 is 0 Å². The zero-order valence-corrected chi connectivity index (χ0v) is 26.8. The van der Waals surface area contributed by atoms with E-state index in [0.717, 1.165) is 16.6 Å². The van der Waals surface area contributed by atoms with Crippen LogP contribution in [0.3, 0.4) is 0 Å². The van der Waals surface area contributed by atoms with Gasteiger partial charge in [-0.25, -0.2) is 0 Å². The monoisotopic (exact) mass is 628 g/mol. The normalized spacial score (nSPS) is 11.8. The van der Waals surface area contributed by atoms with Gasteiger partial charge in [-0.2, -0.15) is 0 Å². The van der Waals surface area contributed by atoms with Gasteiger partial charge in [0.2, 0.25) is 0 Å². The first-order valence-corrected chi connectivity index (χ1v) is 17.2. The number of rotatable bonds is 2.